The van der Waals surface area contributed by atoms with Crippen LogP contribution in [0, 0.1) is 11.7 Å². The minimum atomic E-state index is -0.620. The Hall–Kier alpha value is -2.60. The number of amides is 1. The average molecular weight is 352 g/mol. The van der Waals surface area contributed by atoms with Crippen LogP contribution in [0.5, 0.6) is 0 Å². The largest absolute Gasteiger partial charge is 0.367 e. The Morgan fingerprint density at radius 2 is 2.12 bits per heavy atom. The number of aromatic amines is 1. The highest BCUT2D eigenvalue weighted by atomic mass is 19.1. The van der Waals surface area contributed by atoms with Crippen LogP contribution in [0.2, 0.25) is 0 Å². The van der Waals surface area contributed by atoms with Crippen molar-refractivity contribution >= 4 is 33.4 Å². The van der Waals surface area contributed by atoms with E-state index in [2.05, 4.69) is 21.8 Å². The average Bonchev–Trinajstić information content (AvgIpc) is 3.29. The van der Waals surface area contributed by atoms with Gasteiger partial charge in [-0.05, 0) is 38.1 Å². The van der Waals surface area contributed by atoms with E-state index in [9.17, 15) is 4.79 Å². The van der Waals surface area contributed by atoms with Crippen molar-refractivity contribution in [3.05, 3.63) is 41.7 Å². The number of likely N-dealkylation sites (N-methyl/N-ethyl adjacent to an activating group) is 1. The van der Waals surface area contributed by atoms with Crippen molar-refractivity contribution in [2.45, 2.75) is 12.5 Å². The molecule has 0 radical (unpaired) electrons. The standard InChI is InChI=1S/C20H21FN4O/c1-24-7-6-11-9-25(10-16(11)24)19-14(21)8-13(20(22)26)18-17(19)12-4-2-3-5-15(12)23-18/h2-5,8,11,16,23H,6-7,9-10H2,1H3,(H2,22,26). The van der Waals surface area contributed by atoms with E-state index >= 15 is 4.39 Å². The maximum atomic E-state index is 15.2. The van der Waals surface area contributed by atoms with Gasteiger partial charge in [0.1, 0.15) is 5.82 Å². The molecule has 2 aromatic carbocycles. The summed E-state index contributed by atoms with van der Waals surface area (Å²) in [5, 5.41) is 1.68. The third-order valence-corrected chi connectivity index (χ3v) is 6.12. The second-order valence-electron chi connectivity index (χ2n) is 7.54. The van der Waals surface area contributed by atoms with Crippen LogP contribution in [0.1, 0.15) is 16.8 Å². The van der Waals surface area contributed by atoms with Crippen molar-refractivity contribution < 1.29 is 9.18 Å². The molecule has 0 bridgehead atoms. The molecule has 2 saturated heterocycles. The molecule has 3 aromatic rings. The molecule has 0 aliphatic carbocycles. The van der Waals surface area contributed by atoms with Gasteiger partial charge >= 0.3 is 0 Å². The van der Waals surface area contributed by atoms with Gasteiger partial charge in [-0.15, -0.1) is 0 Å². The Bertz CT molecular complexity index is 1040. The second kappa shape index (κ2) is 5.45. The first-order valence-corrected chi connectivity index (χ1v) is 9.02. The lowest BCUT2D eigenvalue weighted by Crippen LogP contribution is -2.32. The van der Waals surface area contributed by atoms with Gasteiger partial charge in [0.2, 0.25) is 0 Å². The van der Waals surface area contributed by atoms with Gasteiger partial charge < -0.3 is 20.5 Å². The highest BCUT2D eigenvalue weighted by Crippen LogP contribution is 2.41. The summed E-state index contributed by atoms with van der Waals surface area (Å²) in [6.07, 6.45) is 1.15. The topological polar surface area (TPSA) is 65.4 Å². The fraction of sp³-hybridized carbons (Fsp3) is 0.350. The van der Waals surface area contributed by atoms with Crippen LogP contribution in [-0.4, -0.2) is 48.5 Å². The molecular formula is C20H21FN4O. The van der Waals surface area contributed by atoms with E-state index < -0.39 is 5.91 Å². The highest BCUT2D eigenvalue weighted by Gasteiger charge is 2.41. The second-order valence-corrected chi connectivity index (χ2v) is 7.54. The molecule has 1 aromatic heterocycles. The number of primary amides is 1. The van der Waals surface area contributed by atoms with Crippen molar-refractivity contribution in [3.63, 3.8) is 0 Å². The Balaban J connectivity index is 1.76. The number of halogens is 1. The SMILES string of the molecule is CN1CCC2CN(c3c(F)cc(C(N)=O)c4[nH]c5ccccc5c34)CC21. The molecule has 2 aliphatic heterocycles. The van der Waals surface area contributed by atoms with Crippen molar-refractivity contribution in [2.75, 3.05) is 31.6 Å². The maximum absolute atomic E-state index is 15.2. The predicted octanol–water partition coefficient (Wildman–Crippen LogP) is 2.70. The summed E-state index contributed by atoms with van der Waals surface area (Å²) in [6, 6.07) is 9.51. The third-order valence-electron chi connectivity index (χ3n) is 6.12. The lowest BCUT2D eigenvalue weighted by molar-refractivity contribution is 0.100. The van der Waals surface area contributed by atoms with Crippen molar-refractivity contribution in [1.29, 1.82) is 0 Å². The molecular weight excluding hydrogens is 331 g/mol. The fourth-order valence-corrected chi connectivity index (χ4v) is 4.84. The van der Waals surface area contributed by atoms with E-state index in [1.807, 2.05) is 24.3 Å². The summed E-state index contributed by atoms with van der Waals surface area (Å²) in [4.78, 5) is 19.7. The molecule has 2 unspecified atom stereocenters. The fourth-order valence-electron chi connectivity index (χ4n) is 4.84. The minimum Gasteiger partial charge on any atom is -0.367 e. The quantitative estimate of drug-likeness (QED) is 0.745. The Labute approximate surface area is 150 Å². The molecule has 134 valence electrons. The molecule has 3 heterocycles. The number of benzene rings is 2. The van der Waals surface area contributed by atoms with Gasteiger partial charge in [-0.3, -0.25) is 4.79 Å². The van der Waals surface area contributed by atoms with Crippen LogP contribution in [-0.2, 0) is 0 Å². The Morgan fingerprint density at radius 1 is 1.31 bits per heavy atom. The van der Waals surface area contributed by atoms with Crippen LogP contribution < -0.4 is 10.6 Å². The van der Waals surface area contributed by atoms with Gasteiger partial charge in [-0.2, -0.15) is 0 Å². The van der Waals surface area contributed by atoms with Crippen LogP contribution >= 0.6 is 0 Å². The number of fused-ring (bicyclic) bond motifs is 4. The molecule has 5 rings (SSSR count). The number of likely N-dealkylation sites (tertiary alicyclic amines) is 1. The number of carbonyl (C=O) groups is 1. The number of anilines is 1. The van der Waals surface area contributed by atoms with Crippen LogP contribution in [0.25, 0.3) is 21.8 Å². The van der Waals surface area contributed by atoms with Crippen LogP contribution in [0.15, 0.2) is 30.3 Å². The van der Waals surface area contributed by atoms with Gasteiger partial charge in [-0.25, -0.2) is 4.39 Å². The smallest absolute Gasteiger partial charge is 0.250 e. The number of hydrogen-bond acceptors (Lipinski definition) is 3. The normalized spacial score (nSPS) is 23.2. The van der Waals surface area contributed by atoms with Crippen LogP contribution in [0.3, 0.4) is 0 Å². The molecule has 2 fully saturated rings. The van der Waals surface area contributed by atoms with E-state index in [0.29, 0.717) is 23.2 Å². The molecule has 26 heavy (non-hydrogen) atoms. The van der Waals surface area contributed by atoms with Gasteiger partial charge in [0.15, 0.2) is 0 Å². The zero-order valence-electron chi connectivity index (χ0n) is 14.6. The van der Waals surface area contributed by atoms with Crippen LogP contribution in [0.4, 0.5) is 10.1 Å². The minimum absolute atomic E-state index is 0.203. The lowest BCUT2D eigenvalue weighted by atomic mass is 10.0. The lowest BCUT2D eigenvalue weighted by Gasteiger charge is -2.24. The van der Waals surface area contributed by atoms with Gasteiger partial charge in [0.05, 0.1) is 16.8 Å². The summed E-state index contributed by atoms with van der Waals surface area (Å²) in [6.45, 7) is 2.76. The number of H-pyrrole nitrogens is 1. The molecule has 0 spiro atoms. The predicted molar refractivity (Wildman–Crippen MR) is 101 cm³/mol. The number of nitrogens with two attached hydrogens (primary N) is 1. The zero-order chi connectivity index (χ0) is 18.0. The maximum Gasteiger partial charge on any atom is 0.250 e. The number of hydrogen-bond donors (Lipinski definition) is 2. The molecule has 3 N–H and O–H groups in total. The summed E-state index contributed by atoms with van der Waals surface area (Å²) in [5.41, 5.74) is 7.82. The first kappa shape index (κ1) is 15.6. The summed E-state index contributed by atoms with van der Waals surface area (Å²) in [5.74, 6) is -0.431. The third kappa shape index (κ3) is 2.08. The first-order valence-electron chi connectivity index (χ1n) is 9.02. The zero-order valence-corrected chi connectivity index (χ0v) is 14.6. The summed E-state index contributed by atoms with van der Waals surface area (Å²) < 4.78 is 15.2. The molecule has 5 nitrogen and oxygen atoms in total. The number of para-hydroxylation sites is 1. The Kier molecular flexibility index (Phi) is 3.28. The molecule has 2 atom stereocenters. The number of aromatic nitrogens is 1. The van der Waals surface area contributed by atoms with E-state index in [1.165, 1.54) is 6.07 Å². The first-order chi connectivity index (χ1) is 12.5. The molecule has 0 saturated carbocycles. The number of nitrogens with zero attached hydrogens (tertiary/aromatic N) is 2. The van der Waals surface area contributed by atoms with Gasteiger partial charge in [-0.1, -0.05) is 18.2 Å². The number of carbonyl (C=O) groups excluding carboxylic acids is 1. The van der Waals surface area contributed by atoms with E-state index in [-0.39, 0.29) is 11.4 Å². The van der Waals surface area contributed by atoms with Crippen molar-refractivity contribution in [2.24, 2.45) is 11.7 Å². The summed E-state index contributed by atoms with van der Waals surface area (Å²) >= 11 is 0. The van der Waals surface area contributed by atoms with Crippen molar-refractivity contribution in [1.82, 2.24) is 9.88 Å². The van der Waals surface area contributed by atoms with Gasteiger partial charge in [0.25, 0.3) is 5.91 Å². The van der Waals surface area contributed by atoms with E-state index in [1.54, 1.807) is 0 Å². The Morgan fingerprint density at radius 3 is 2.88 bits per heavy atom. The monoisotopic (exact) mass is 352 g/mol. The van der Waals surface area contributed by atoms with Crippen molar-refractivity contribution in [3.8, 4) is 0 Å². The molecule has 6 heteroatoms. The van der Waals surface area contributed by atoms with E-state index in [0.717, 1.165) is 42.3 Å². The highest BCUT2D eigenvalue weighted by molar-refractivity contribution is 6.19. The number of rotatable bonds is 2. The number of nitrogens with one attached hydrogen (secondary N) is 1. The summed E-state index contributed by atoms with van der Waals surface area (Å²) in [7, 11) is 2.14. The van der Waals surface area contributed by atoms with E-state index in [4.69, 9.17) is 5.73 Å². The molecule has 2 aliphatic rings. The van der Waals surface area contributed by atoms with Gasteiger partial charge in [0, 0.05) is 35.4 Å². The molecule has 1 amide bonds.